The molecule has 6 nitrogen and oxygen atoms in total. The highest BCUT2D eigenvalue weighted by Gasteiger charge is 2.10. The van der Waals surface area contributed by atoms with Crippen molar-refractivity contribution in [3.8, 4) is 5.75 Å². The van der Waals surface area contributed by atoms with Crippen molar-refractivity contribution in [3.63, 3.8) is 0 Å². The summed E-state index contributed by atoms with van der Waals surface area (Å²) in [7, 11) is 0. The lowest BCUT2D eigenvalue weighted by Gasteiger charge is -2.09. The molecule has 0 aromatic heterocycles. The molecular formula is C18H16BrNO5. The normalized spacial score (nSPS) is 10.0. The van der Waals surface area contributed by atoms with Crippen molar-refractivity contribution in [1.29, 1.82) is 0 Å². The Bertz CT molecular complexity index is 791. The second-order valence-corrected chi connectivity index (χ2v) is 5.92. The number of halogens is 1. The predicted molar refractivity (Wildman–Crippen MR) is 95.7 cm³/mol. The van der Waals surface area contributed by atoms with Crippen LogP contribution in [0.2, 0.25) is 0 Å². The van der Waals surface area contributed by atoms with Gasteiger partial charge in [-0.15, -0.1) is 0 Å². The zero-order valence-electron chi connectivity index (χ0n) is 13.5. The van der Waals surface area contributed by atoms with Crippen molar-refractivity contribution in [1.82, 2.24) is 0 Å². The van der Waals surface area contributed by atoms with Gasteiger partial charge in [0.25, 0.3) is 5.91 Å². The highest BCUT2D eigenvalue weighted by Crippen LogP contribution is 2.20. The molecule has 0 fully saturated rings. The number of rotatable bonds is 7. The van der Waals surface area contributed by atoms with Crippen LogP contribution in [0.15, 0.2) is 53.0 Å². The molecule has 1 N–H and O–H groups in total. The highest BCUT2D eigenvalue weighted by atomic mass is 79.9. The Hall–Kier alpha value is -2.67. The van der Waals surface area contributed by atoms with Crippen LogP contribution in [0.4, 0.5) is 5.69 Å². The Morgan fingerprint density at radius 2 is 1.80 bits per heavy atom. The minimum Gasteiger partial charge on any atom is -0.482 e. The van der Waals surface area contributed by atoms with Gasteiger partial charge in [-0.25, -0.2) is 4.79 Å². The van der Waals surface area contributed by atoms with Crippen LogP contribution in [0.1, 0.15) is 17.3 Å². The SMILES string of the molecule is CC(=O)c1cccc(OCC(=O)OCC(=O)Nc2ccccc2Br)c1. The topological polar surface area (TPSA) is 81.7 Å². The molecular weight excluding hydrogens is 390 g/mol. The molecule has 0 spiro atoms. The van der Waals surface area contributed by atoms with Crippen molar-refractivity contribution in [3.05, 3.63) is 58.6 Å². The van der Waals surface area contributed by atoms with E-state index in [0.29, 0.717) is 17.0 Å². The van der Waals surface area contributed by atoms with Crippen molar-refractivity contribution >= 4 is 39.3 Å². The number of carbonyl (C=O) groups is 3. The molecule has 0 radical (unpaired) electrons. The number of nitrogens with one attached hydrogen (secondary N) is 1. The zero-order valence-corrected chi connectivity index (χ0v) is 15.0. The van der Waals surface area contributed by atoms with E-state index in [1.54, 1.807) is 36.4 Å². The maximum Gasteiger partial charge on any atom is 0.344 e. The van der Waals surface area contributed by atoms with E-state index in [4.69, 9.17) is 9.47 Å². The van der Waals surface area contributed by atoms with Gasteiger partial charge in [-0.2, -0.15) is 0 Å². The third-order valence-electron chi connectivity index (χ3n) is 3.11. The zero-order chi connectivity index (χ0) is 18.2. The van der Waals surface area contributed by atoms with E-state index < -0.39 is 18.5 Å². The Balaban J connectivity index is 1.77. The van der Waals surface area contributed by atoms with Gasteiger partial charge in [-0.05, 0) is 47.1 Å². The lowest BCUT2D eigenvalue weighted by Crippen LogP contribution is -2.23. The number of ketones is 1. The molecule has 0 aliphatic heterocycles. The van der Waals surface area contributed by atoms with E-state index in [1.165, 1.54) is 13.0 Å². The molecule has 0 saturated heterocycles. The van der Waals surface area contributed by atoms with Gasteiger partial charge in [0.1, 0.15) is 5.75 Å². The molecule has 0 aliphatic rings. The fraction of sp³-hybridized carbons (Fsp3) is 0.167. The molecule has 0 atom stereocenters. The van der Waals surface area contributed by atoms with E-state index in [1.807, 2.05) is 6.07 Å². The molecule has 25 heavy (non-hydrogen) atoms. The number of esters is 1. The van der Waals surface area contributed by atoms with E-state index in [-0.39, 0.29) is 12.4 Å². The average molecular weight is 406 g/mol. The molecule has 2 aromatic carbocycles. The monoisotopic (exact) mass is 405 g/mol. The number of Topliss-reactive ketones (excluding diaryl/α,β-unsaturated/α-hetero) is 1. The number of anilines is 1. The van der Waals surface area contributed by atoms with Gasteiger partial charge in [0.15, 0.2) is 19.0 Å². The second-order valence-electron chi connectivity index (χ2n) is 5.06. The van der Waals surface area contributed by atoms with Crippen LogP contribution in [-0.4, -0.2) is 30.9 Å². The van der Waals surface area contributed by atoms with E-state index in [2.05, 4.69) is 21.2 Å². The summed E-state index contributed by atoms with van der Waals surface area (Å²) in [6.45, 7) is 0.664. The van der Waals surface area contributed by atoms with Crippen LogP contribution in [0.25, 0.3) is 0 Å². The number of carbonyl (C=O) groups excluding carboxylic acids is 3. The highest BCUT2D eigenvalue weighted by molar-refractivity contribution is 9.10. The maximum absolute atomic E-state index is 11.8. The van der Waals surface area contributed by atoms with E-state index in [0.717, 1.165) is 4.47 Å². The Labute approximate surface area is 153 Å². The third-order valence-corrected chi connectivity index (χ3v) is 3.80. The summed E-state index contributed by atoms with van der Waals surface area (Å²) < 4.78 is 10.8. The van der Waals surface area contributed by atoms with Gasteiger partial charge < -0.3 is 14.8 Å². The van der Waals surface area contributed by atoms with Gasteiger partial charge >= 0.3 is 5.97 Å². The minimum absolute atomic E-state index is 0.100. The largest absolute Gasteiger partial charge is 0.482 e. The molecule has 1 amide bonds. The first kappa shape index (κ1) is 18.7. The average Bonchev–Trinajstić information content (AvgIpc) is 2.60. The van der Waals surface area contributed by atoms with Gasteiger partial charge in [-0.1, -0.05) is 24.3 Å². The standard InChI is InChI=1S/C18H16BrNO5/c1-12(21)13-5-4-6-14(9-13)24-11-18(23)25-10-17(22)20-16-8-3-2-7-15(16)19/h2-9H,10-11H2,1H3,(H,20,22). The molecule has 0 unspecified atom stereocenters. The van der Waals surface area contributed by atoms with E-state index in [9.17, 15) is 14.4 Å². The smallest absolute Gasteiger partial charge is 0.344 e. The predicted octanol–water partition coefficient (Wildman–Crippen LogP) is 3.21. The summed E-state index contributed by atoms with van der Waals surface area (Å²) in [5, 5.41) is 2.62. The van der Waals surface area contributed by atoms with Crippen molar-refractivity contribution < 1.29 is 23.9 Å². The van der Waals surface area contributed by atoms with Crippen LogP contribution >= 0.6 is 15.9 Å². The first-order valence-corrected chi connectivity index (χ1v) is 8.19. The summed E-state index contributed by atoms with van der Waals surface area (Å²) >= 11 is 3.31. The summed E-state index contributed by atoms with van der Waals surface area (Å²) in [5.74, 6) is -0.867. The summed E-state index contributed by atoms with van der Waals surface area (Å²) in [6, 6.07) is 13.6. The number of amides is 1. The second kappa shape index (κ2) is 8.98. The number of hydrogen-bond donors (Lipinski definition) is 1. The first-order valence-electron chi connectivity index (χ1n) is 7.39. The van der Waals surface area contributed by atoms with Gasteiger partial charge in [-0.3, -0.25) is 9.59 Å². The van der Waals surface area contributed by atoms with Crippen LogP contribution in [-0.2, 0) is 14.3 Å². The molecule has 0 bridgehead atoms. The van der Waals surface area contributed by atoms with Crippen LogP contribution in [0.5, 0.6) is 5.75 Å². The van der Waals surface area contributed by atoms with E-state index >= 15 is 0 Å². The van der Waals surface area contributed by atoms with Crippen LogP contribution < -0.4 is 10.1 Å². The van der Waals surface area contributed by atoms with Crippen molar-refractivity contribution in [2.24, 2.45) is 0 Å². The fourth-order valence-electron chi connectivity index (χ4n) is 1.88. The van der Waals surface area contributed by atoms with Crippen molar-refractivity contribution in [2.75, 3.05) is 18.5 Å². The van der Waals surface area contributed by atoms with Gasteiger partial charge in [0, 0.05) is 10.0 Å². The number of ether oxygens (including phenoxy) is 2. The molecule has 2 aromatic rings. The number of para-hydroxylation sites is 1. The maximum atomic E-state index is 11.8. The minimum atomic E-state index is -0.685. The lowest BCUT2D eigenvalue weighted by molar-refractivity contribution is -0.149. The summed E-state index contributed by atoms with van der Waals surface area (Å²) in [4.78, 5) is 34.7. The lowest BCUT2D eigenvalue weighted by atomic mass is 10.1. The summed E-state index contributed by atoms with van der Waals surface area (Å²) in [5.41, 5.74) is 1.07. The Morgan fingerprint density at radius 1 is 1.04 bits per heavy atom. The Kier molecular flexibility index (Phi) is 6.71. The molecule has 130 valence electrons. The number of benzene rings is 2. The van der Waals surface area contributed by atoms with Crippen LogP contribution in [0, 0.1) is 0 Å². The third kappa shape index (κ3) is 6.04. The molecule has 0 heterocycles. The molecule has 7 heteroatoms. The van der Waals surface area contributed by atoms with Crippen molar-refractivity contribution in [2.45, 2.75) is 6.92 Å². The molecule has 2 rings (SSSR count). The first-order chi connectivity index (χ1) is 12.0. The quantitative estimate of drug-likeness (QED) is 0.564. The summed E-state index contributed by atoms with van der Waals surface area (Å²) in [6.07, 6.45) is 0. The fourth-order valence-corrected chi connectivity index (χ4v) is 2.27. The van der Waals surface area contributed by atoms with Crippen LogP contribution in [0.3, 0.4) is 0 Å². The molecule has 0 aliphatic carbocycles. The molecule has 0 saturated carbocycles. The Morgan fingerprint density at radius 3 is 2.52 bits per heavy atom. The van der Waals surface area contributed by atoms with Gasteiger partial charge in [0.2, 0.25) is 0 Å². The van der Waals surface area contributed by atoms with Gasteiger partial charge in [0.05, 0.1) is 5.69 Å². The number of hydrogen-bond acceptors (Lipinski definition) is 5.